The molecule has 4 heteroatoms. The van der Waals surface area contributed by atoms with Gasteiger partial charge in [0.25, 0.3) is 0 Å². The summed E-state index contributed by atoms with van der Waals surface area (Å²) in [5, 5.41) is 8.28. The van der Waals surface area contributed by atoms with Crippen molar-refractivity contribution in [2.24, 2.45) is 0 Å². The number of aryl methyl sites for hydroxylation is 1. The monoisotopic (exact) mass is 244 g/mol. The summed E-state index contributed by atoms with van der Waals surface area (Å²) < 4.78 is 1.87. The summed E-state index contributed by atoms with van der Waals surface area (Å²) in [7, 11) is 0. The number of aromatic nitrogens is 3. The zero-order valence-electron chi connectivity index (χ0n) is 11.0. The number of benzene rings is 1. The van der Waals surface area contributed by atoms with Crippen LogP contribution in [0.25, 0.3) is 0 Å². The van der Waals surface area contributed by atoms with Gasteiger partial charge in [0.2, 0.25) is 0 Å². The van der Waals surface area contributed by atoms with Gasteiger partial charge in [-0.3, -0.25) is 4.68 Å². The van der Waals surface area contributed by atoms with E-state index in [1.165, 1.54) is 5.56 Å². The Kier molecular flexibility index (Phi) is 3.97. The van der Waals surface area contributed by atoms with Crippen molar-refractivity contribution in [3.8, 4) is 0 Å². The van der Waals surface area contributed by atoms with Gasteiger partial charge < -0.3 is 5.73 Å². The lowest BCUT2D eigenvalue weighted by Gasteiger charge is -2.13. The number of anilines is 1. The van der Waals surface area contributed by atoms with E-state index in [1.807, 2.05) is 23.0 Å². The Labute approximate surface area is 108 Å². The molecule has 0 aliphatic heterocycles. The van der Waals surface area contributed by atoms with Crippen LogP contribution >= 0.6 is 0 Å². The van der Waals surface area contributed by atoms with Crippen molar-refractivity contribution in [1.29, 1.82) is 0 Å². The quantitative estimate of drug-likeness (QED) is 0.822. The van der Waals surface area contributed by atoms with E-state index >= 15 is 0 Å². The minimum Gasteiger partial charge on any atom is -0.399 e. The molecule has 0 aliphatic carbocycles. The van der Waals surface area contributed by atoms with Crippen LogP contribution in [0.1, 0.15) is 37.4 Å². The Bertz CT molecular complexity index is 487. The molecule has 2 aromatic rings. The van der Waals surface area contributed by atoms with Crippen LogP contribution in [-0.4, -0.2) is 15.0 Å². The van der Waals surface area contributed by atoms with Gasteiger partial charge in [-0.05, 0) is 43.4 Å². The number of nitrogen functional groups attached to an aromatic ring is 1. The normalized spacial score (nSPS) is 12.6. The first-order valence-electron chi connectivity index (χ1n) is 6.47. The molecular weight excluding hydrogens is 224 g/mol. The lowest BCUT2D eigenvalue weighted by atomic mass is 9.92. The highest BCUT2D eigenvalue weighted by Crippen LogP contribution is 2.24. The van der Waals surface area contributed by atoms with E-state index in [1.54, 1.807) is 0 Å². The molecule has 2 rings (SSSR count). The third kappa shape index (κ3) is 2.88. The molecule has 0 spiro atoms. The first-order chi connectivity index (χ1) is 8.72. The highest BCUT2D eigenvalue weighted by molar-refractivity contribution is 5.40. The van der Waals surface area contributed by atoms with Crippen LogP contribution in [0.15, 0.2) is 30.5 Å². The number of hydrogen-bond acceptors (Lipinski definition) is 3. The standard InChI is InChI=1S/C14H20N4/c1-3-11(12-5-7-13(15)8-6-12)9-14-10-18(4-2)17-16-14/h5-8,10-11H,3-4,9,15H2,1-2H3. The molecule has 0 radical (unpaired) electrons. The SMILES string of the molecule is CCC(Cc1cn(CC)nn1)c1ccc(N)cc1. The maximum atomic E-state index is 5.72. The molecule has 0 aliphatic rings. The smallest absolute Gasteiger partial charge is 0.0833 e. The topological polar surface area (TPSA) is 56.7 Å². The van der Waals surface area contributed by atoms with Gasteiger partial charge in [-0.2, -0.15) is 0 Å². The predicted octanol–water partition coefficient (Wildman–Crippen LogP) is 2.62. The third-order valence-electron chi connectivity index (χ3n) is 3.27. The average molecular weight is 244 g/mol. The molecule has 1 heterocycles. The minimum atomic E-state index is 0.479. The summed E-state index contributed by atoms with van der Waals surface area (Å²) in [5.74, 6) is 0.479. The fourth-order valence-electron chi connectivity index (χ4n) is 2.11. The number of nitrogens with zero attached hydrogens (tertiary/aromatic N) is 3. The van der Waals surface area contributed by atoms with E-state index in [2.05, 4.69) is 36.3 Å². The summed E-state index contributed by atoms with van der Waals surface area (Å²) in [6.45, 7) is 5.13. The van der Waals surface area contributed by atoms with Crippen molar-refractivity contribution < 1.29 is 0 Å². The summed E-state index contributed by atoms with van der Waals surface area (Å²) in [6, 6.07) is 8.13. The zero-order chi connectivity index (χ0) is 13.0. The van der Waals surface area contributed by atoms with Crippen LogP contribution in [0.2, 0.25) is 0 Å². The van der Waals surface area contributed by atoms with Crippen molar-refractivity contribution >= 4 is 5.69 Å². The first-order valence-corrected chi connectivity index (χ1v) is 6.47. The van der Waals surface area contributed by atoms with Crippen LogP contribution in [0, 0.1) is 0 Å². The van der Waals surface area contributed by atoms with Crippen molar-refractivity contribution in [3.05, 3.63) is 41.7 Å². The highest BCUT2D eigenvalue weighted by atomic mass is 15.4. The van der Waals surface area contributed by atoms with E-state index in [9.17, 15) is 0 Å². The molecular formula is C14H20N4. The molecule has 0 amide bonds. The van der Waals surface area contributed by atoms with Crippen LogP contribution in [0.4, 0.5) is 5.69 Å². The maximum Gasteiger partial charge on any atom is 0.0833 e. The van der Waals surface area contributed by atoms with E-state index < -0.39 is 0 Å². The Hall–Kier alpha value is -1.84. The second kappa shape index (κ2) is 5.67. The van der Waals surface area contributed by atoms with Gasteiger partial charge in [0, 0.05) is 18.4 Å². The summed E-state index contributed by atoms with van der Waals surface area (Å²) >= 11 is 0. The predicted molar refractivity (Wildman–Crippen MR) is 73.3 cm³/mol. The second-order valence-corrected chi connectivity index (χ2v) is 4.54. The molecule has 18 heavy (non-hydrogen) atoms. The Morgan fingerprint density at radius 3 is 2.50 bits per heavy atom. The maximum absolute atomic E-state index is 5.72. The molecule has 1 aromatic heterocycles. The molecule has 1 unspecified atom stereocenters. The molecule has 4 nitrogen and oxygen atoms in total. The Morgan fingerprint density at radius 2 is 1.94 bits per heavy atom. The first kappa shape index (κ1) is 12.6. The molecule has 2 N–H and O–H groups in total. The number of hydrogen-bond donors (Lipinski definition) is 1. The lowest BCUT2D eigenvalue weighted by molar-refractivity contribution is 0.624. The summed E-state index contributed by atoms with van der Waals surface area (Å²) in [5.41, 5.74) is 8.90. The van der Waals surface area contributed by atoms with E-state index in [0.29, 0.717) is 5.92 Å². The zero-order valence-corrected chi connectivity index (χ0v) is 11.0. The summed E-state index contributed by atoms with van der Waals surface area (Å²) in [6.07, 6.45) is 4.04. The van der Waals surface area contributed by atoms with Gasteiger partial charge >= 0.3 is 0 Å². The largest absolute Gasteiger partial charge is 0.399 e. The van der Waals surface area contributed by atoms with Crippen molar-refractivity contribution in [1.82, 2.24) is 15.0 Å². The van der Waals surface area contributed by atoms with Crippen LogP contribution < -0.4 is 5.73 Å². The van der Waals surface area contributed by atoms with E-state index in [0.717, 1.165) is 30.8 Å². The molecule has 0 saturated carbocycles. The van der Waals surface area contributed by atoms with Gasteiger partial charge in [-0.15, -0.1) is 5.10 Å². The molecule has 96 valence electrons. The molecule has 1 aromatic carbocycles. The fraction of sp³-hybridized carbons (Fsp3) is 0.429. The lowest BCUT2D eigenvalue weighted by Crippen LogP contribution is -2.02. The van der Waals surface area contributed by atoms with E-state index in [-0.39, 0.29) is 0 Å². The molecule has 0 fully saturated rings. The van der Waals surface area contributed by atoms with Crippen LogP contribution in [0.3, 0.4) is 0 Å². The van der Waals surface area contributed by atoms with Gasteiger partial charge in [0.1, 0.15) is 0 Å². The third-order valence-corrected chi connectivity index (χ3v) is 3.27. The Balaban J connectivity index is 2.11. The minimum absolute atomic E-state index is 0.479. The highest BCUT2D eigenvalue weighted by Gasteiger charge is 2.12. The molecule has 1 atom stereocenters. The molecule has 0 saturated heterocycles. The van der Waals surface area contributed by atoms with Crippen LogP contribution in [-0.2, 0) is 13.0 Å². The number of rotatable bonds is 5. The number of nitrogens with two attached hydrogens (primary N) is 1. The van der Waals surface area contributed by atoms with Crippen LogP contribution in [0.5, 0.6) is 0 Å². The van der Waals surface area contributed by atoms with Gasteiger partial charge in [-0.1, -0.05) is 24.3 Å². The average Bonchev–Trinajstić information content (AvgIpc) is 2.85. The van der Waals surface area contributed by atoms with Gasteiger partial charge in [-0.25, -0.2) is 0 Å². The van der Waals surface area contributed by atoms with E-state index in [4.69, 9.17) is 5.73 Å². The fourth-order valence-corrected chi connectivity index (χ4v) is 2.11. The van der Waals surface area contributed by atoms with Gasteiger partial charge in [0.15, 0.2) is 0 Å². The van der Waals surface area contributed by atoms with Crippen molar-refractivity contribution in [3.63, 3.8) is 0 Å². The second-order valence-electron chi connectivity index (χ2n) is 4.54. The Morgan fingerprint density at radius 1 is 1.22 bits per heavy atom. The van der Waals surface area contributed by atoms with Crippen molar-refractivity contribution in [2.75, 3.05) is 5.73 Å². The van der Waals surface area contributed by atoms with Crippen molar-refractivity contribution in [2.45, 2.75) is 39.2 Å². The summed E-state index contributed by atoms with van der Waals surface area (Å²) in [4.78, 5) is 0. The van der Waals surface area contributed by atoms with Gasteiger partial charge in [0.05, 0.1) is 5.69 Å². The molecule has 0 bridgehead atoms.